The number of rotatable bonds is 9. The maximum Gasteiger partial charge on any atom is 0.410 e. The number of amides is 3. The van der Waals surface area contributed by atoms with Gasteiger partial charge in [-0.3, -0.25) is 14.4 Å². The number of nitrogens with zero attached hydrogens (tertiary/aromatic N) is 2. The number of benzene rings is 2. The van der Waals surface area contributed by atoms with Gasteiger partial charge in [0.25, 0.3) is 5.91 Å². The van der Waals surface area contributed by atoms with Crippen LogP contribution in [0.5, 0.6) is 0 Å². The fourth-order valence-electron chi connectivity index (χ4n) is 5.43. The van der Waals surface area contributed by atoms with Crippen LogP contribution in [0.3, 0.4) is 0 Å². The van der Waals surface area contributed by atoms with E-state index < -0.39 is 17.5 Å². The molecule has 0 radical (unpaired) electrons. The zero-order valence-corrected chi connectivity index (χ0v) is 23.5. The smallest absolute Gasteiger partial charge is 0.410 e. The number of aryl methyl sites for hydroxylation is 1. The third kappa shape index (κ3) is 7.61. The van der Waals surface area contributed by atoms with Gasteiger partial charge in [-0.2, -0.15) is 0 Å². The summed E-state index contributed by atoms with van der Waals surface area (Å²) >= 11 is 0. The van der Waals surface area contributed by atoms with Gasteiger partial charge in [0.2, 0.25) is 5.91 Å². The second-order valence-electron chi connectivity index (χ2n) is 11.7. The molecule has 40 heavy (non-hydrogen) atoms. The first-order valence-electron chi connectivity index (χ1n) is 13.9. The Hall–Kier alpha value is -3.88. The van der Waals surface area contributed by atoms with Gasteiger partial charge in [-0.15, -0.1) is 0 Å². The monoisotopic (exact) mass is 549 g/mol. The first-order chi connectivity index (χ1) is 19.0. The number of likely N-dealkylation sites (tertiary alicyclic amines) is 1. The summed E-state index contributed by atoms with van der Waals surface area (Å²) in [5.41, 5.74) is 3.08. The number of carbonyl (C=O) groups is 4. The Bertz CT molecular complexity index is 1240. The lowest BCUT2D eigenvalue weighted by Crippen LogP contribution is -2.42. The molecule has 4 rings (SSSR count). The Morgan fingerprint density at radius 3 is 2.52 bits per heavy atom. The molecule has 214 valence electrons. The minimum Gasteiger partial charge on any atom is -0.481 e. The van der Waals surface area contributed by atoms with E-state index in [9.17, 15) is 24.3 Å². The highest BCUT2D eigenvalue weighted by Gasteiger charge is 2.40. The number of aliphatic carboxylic acids is 1. The maximum absolute atomic E-state index is 13.1. The van der Waals surface area contributed by atoms with Gasteiger partial charge in [0, 0.05) is 37.8 Å². The SMILES string of the molecule is CC(C)(C)OC(=O)N1CCc2ccc(C(=O)NC[C@@H]3C[C@@H](CC(=O)O)C(=O)N3CCCc3ccccc3)cc2C1. The van der Waals surface area contributed by atoms with E-state index >= 15 is 0 Å². The molecule has 2 N–H and O–H groups in total. The van der Waals surface area contributed by atoms with Crippen molar-refractivity contribution in [3.8, 4) is 0 Å². The summed E-state index contributed by atoms with van der Waals surface area (Å²) in [5.74, 6) is -2.01. The predicted molar refractivity (Wildman–Crippen MR) is 150 cm³/mol. The molecule has 0 aromatic heterocycles. The van der Waals surface area contributed by atoms with E-state index in [0.717, 1.165) is 24.0 Å². The summed E-state index contributed by atoms with van der Waals surface area (Å²) < 4.78 is 5.51. The Morgan fingerprint density at radius 2 is 1.82 bits per heavy atom. The Labute approximate surface area is 235 Å². The summed E-state index contributed by atoms with van der Waals surface area (Å²) in [6.45, 7) is 7.17. The van der Waals surface area contributed by atoms with Crippen molar-refractivity contribution < 1.29 is 29.0 Å². The highest BCUT2D eigenvalue weighted by Crippen LogP contribution is 2.28. The normalized spacial score (nSPS) is 18.8. The third-order valence-corrected chi connectivity index (χ3v) is 7.39. The lowest BCUT2D eigenvalue weighted by atomic mass is 9.97. The highest BCUT2D eigenvalue weighted by molar-refractivity contribution is 5.94. The summed E-state index contributed by atoms with van der Waals surface area (Å²) in [6.07, 6.45) is 2.05. The topological polar surface area (TPSA) is 116 Å². The molecule has 2 aromatic rings. The molecule has 9 heteroatoms. The molecule has 0 bridgehead atoms. The molecule has 2 aliphatic heterocycles. The van der Waals surface area contributed by atoms with Crippen LogP contribution in [0.2, 0.25) is 0 Å². The minimum atomic E-state index is -0.998. The quantitative estimate of drug-likeness (QED) is 0.488. The van der Waals surface area contributed by atoms with Crippen molar-refractivity contribution in [1.82, 2.24) is 15.1 Å². The van der Waals surface area contributed by atoms with Crippen LogP contribution in [0.1, 0.15) is 67.1 Å². The molecule has 0 unspecified atom stereocenters. The molecule has 1 saturated heterocycles. The molecule has 2 heterocycles. The van der Waals surface area contributed by atoms with Gasteiger partial charge < -0.3 is 25.0 Å². The van der Waals surface area contributed by atoms with Crippen molar-refractivity contribution in [2.45, 2.75) is 71.1 Å². The van der Waals surface area contributed by atoms with E-state index in [2.05, 4.69) is 5.32 Å². The molecule has 0 saturated carbocycles. The average Bonchev–Trinajstić information content (AvgIpc) is 3.19. The van der Waals surface area contributed by atoms with Crippen molar-refractivity contribution >= 4 is 23.9 Å². The summed E-state index contributed by atoms with van der Waals surface area (Å²) in [7, 11) is 0. The number of carboxylic acid groups (broad SMARTS) is 1. The van der Waals surface area contributed by atoms with Crippen LogP contribution in [0.15, 0.2) is 48.5 Å². The van der Waals surface area contributed by atoms with Gasteiger partial charge in [-0.1, -0.05) is 36.4 Å². The standard InChI is InChI=1S/C31H39N3O6/c1-31(2,3)40-30(39)33-15-13-22-11-12-23(16-25(22)20-33)28(37)32-19-26-17-24(18-27(35)36)29(38)34(26)14-7-10-21-8-5-4-6-9-21/h4-6,8-9,11-12,16,24,26H,7,10,13-15,17-20H2,1-3H3,(H,32,37)(H,35,36)/t24-,26-/m0/s1. The molecule has 9 nitrogen and oxygen atoms in total. The largest absolute Gasteiger partial charge is 0.481 e. The molecular weight excluding hydrogens is 510 g/mol. The van der Waals surface area contributed by atoms with E-state index in [1.807, 2.05) is 63.2 Å². The lowest BCUT2D eigenvalue weighted by molar-refractivity contribution is -0.142. The first-order valence-corrected chi connectivity index (χ1v) is 13.9. The van der Waals surface area contributed by atoms with Crippen LogP contribution < -0.4 is 5.32 Å². The van der Waals surface area contributed by atoms with Gasteiger partial charge in [0.05, 0.1) is 12.3 Å². The van der Waals surface area contributed by atoms with Crippen LogP contribution in [0.4, 0.5) is 4.79 Å². The minimum absolute atomic E-state index is 0.161. The number of hydrogen-bond acceptors (Lipinski definition) is 5. The van der Waals surface area contributed by atoms with E-state index in [1.165, 1.54) is 5.56 Å². The molecule has 0 aliphatic carbocycles. The summed E-state index contributed by atoms with van der Waals surface area (Å²) in [5, 5.41) is 12.2. The van der Waals surface area contributed by atoms with Gasteiger partial charge >= 0.3 is 12.1 Å². The molecule has 1 fully saturated rings. The molecular formula is C31H39N3O6. The van der Waals surface area contributed by atoms with E-state index in [0.29, 0.717) is 38.0 Å². The van der Waals surface area contributed by atoms with Crippen LogP contribution in [-0.4, -0.2) is 70.1 Å². The Kier molecular flexibility index (Phi) is 9.12. The van der Waals surface area contributed by atoms with Crippen LogP contribution in [0.25, 0.3) is 0 Å². The summed E-state index contributed by atoms with van der Waals surface area (Å²) in [6, 6.07) is 15.3. The van der Waals surface area contributed by atoms with Crippen LogP contribution in [-0.2, 0) is 33.7 Å². The fourth-order valence-corrected chi connectivity index (χ4v) is 5.43. The van der Waals surface area contributed by atoms with Crippen molar-refractivity contribution in [2.24, 2.45) is 5.92 Å². The van der Waals surface area contributed by atoms with E-state index in [1.54, 1.807) is 15.9 Å². The van der Waals surface area contributed by atoms with Gasteiger partial charge in [0.1, 0.15) is 5.60 Å². The first kappa shape index (κ1) is 29.1. The number of carboxylic acids is 1. The van der Waals surface area contributed by atoms with E-state index in [-0.39, 0.29) is 36.9 Å². The number of carbonyl (C=O) groups excluding carboxylic acids is 3. The number of ether oxygens (including phenoxy) is 1. The molecule has 0 spiro atoms. The van der Waals surface area contributed by atoms with Gasteiger partial charge in [-0.25, -0.2) is 4.79 Å². The molecule has 2 aliphatic rings. The molecule has 2 aromatic carbocycles. The van der Waals surface area contributed by atoms with Gasteiger partial charge in [0.15, 0.2) is 0 Å². The lowest BCUT2D eigenvalue weighted by Gasteiger charge is -2.31. The van der Waals surface area contributed by atoms with Crippen LogP contribution in [0, 0.1) is 5.92 Å². The number of hydrogen-bond donors (Lipinski definition) is 2. The highest BCUT2D eigenvalue weighted by atomic mass is 16.6. The maximum atomic E-state index is 13.1. The average molecular weight is 550 g/mol. The third-order valence-electron chi connectivity index (χ3n) is 7.39. The Morgan fingerprint density at radius 1 is 1.07 bits per heavy atom. The van der Waals surface area contributed by atoms with Crippen LogP contribution >= 0.6 is 0 Å². The zero-order chi connectivity index (χ0) is 28.9. The molecule has 2 atom stereocenters. The van der Waals surface area contributed by atoms with Crippen molar-refractivity contribution in [3.63, 3.8) is 0 Å². The van der Waals surface area contributed by atoms with Crippen molar-refractivity contribution in [1.29, 1.82) is 0 Å². The molecule has 3 amide bonds. The Balaban J connectivity index is 1.38. The number of fused-ring (bicyclic) bond motifs is 1. The zero-order valence-electron chi connectivity index (χ0n) is 23.5. The van der Waals surface area contributed by atoms with E-state index in [4.69, 9.17) is 4.74 Å². The van der Waals surface area contributed by atoms with Crippen molar-refractivity contribution in [2.75, 3.05) is 19.6 Å². The number of nitrogens with one attached hydrogen (secondary N) is 1. The summed E-state index contributed by atoms with van der Waals surface area (Å²) in [4.78, 5) is 53.5. The second kappa shape index (κ2) is 12.5. The second-order valence-corrected chi connectivity index (χ2v) is 11.7. The predicted octanol–water partition coefficient (Wildman–Crippen LogP) is 4.03. The fraction of sp³-hybridized carbons (Fsp3) is 0.484. The van der Waals surface area contributed by atoms with Gasteiger partial charge in [-0.05, 0) is 75.3 Å². The van der Waals surface area contributed by atoms with Crippen molar-refractivity contribution in [3.05, 3.63) is 70.8 Å².